The summed E-state index contributed by atoms with van der Waals surface area (Å²) in [6.45, 7) is 2.29. The Kier molecular flexibility index (Phi) is 10.1. The summed E-state index contributed by atoms with van der Waals surface area (Å²) in [7, 11) is 0. The number of aromatic nitrogens is 5. The van der Waals surface area contributed by atoms with E-state index in [-0.39, 0.29) is 25.0 Å². The van der Waals surface area contributed by atoms with Crippen LogP contribution in [0.3, 0.4) is 0 Å². The fourth-order valence-electron chi connectivity index (χ4n) is 5.70. The molecule has 0 radical (unpaired) electrons. The van der Waals surface area contributed by atoms with Crippen LogP contribution in [0, 0.1) is 6.92 Å². The lowest BCUT2D eigenvalue weighted by Gasteiger charge is -2.17. The van der Waals surface area contributed by atoms with Crippen molar-refractivity contribution >= 4 is 57.7 Å². The van der Waals surface area contributed by atoms with Gasteiger partial charge in [0.25, 0.3) is 5.91 Å². The molecule has 7 rings (SSSR count). The lowest BCUT2D eigenvalue weighted by molar-refractivity contribution is -0.116. The number of hydrogen-bond acceptors (Lipinski definition) is 6. The first-order chi connectivity index (χ1) is 25.3. The van der Waals surface area contributed by atoms with Crippen molar-refractivity contribution in [3.63, 3.8) is 0 Å². The van der Waals surface area contributed by atoms with Crippen LogP contribution >= 0.6 is 23.2 Å². The van der Waals surface area contributed by atoms with Crippen LogP contribution < -0.4 is 15.4 Å². The van der Waals surface area contributed by atoms with Gasteiger partial charge in [0.05, 0.1) is 29.3 Å². The normalized spacial score (nSPS) is 11.2. The quantitative estimate of drug-likeness (QED) is 0.129. The summed E-state index contributed by atoms with van der Waals surface area (Å²) in [5.41, 5.74) is 6.55. The molecule has 2 amide bonds. The first-order valence-electron chi connectivity index (χ1n) is 16.3. The van der Waals surface area contributed by atoms with Crippen LogP contribution in [0.2, 0.25) is 10.0 Å². The van der Waals surface area contributed by atoms with E-state index in [1.807, 2.05) is 70.9 Å². The van der Waals surface area contributed by atoms with Crippen molar-refractivity contribution in [3.05, 3.63) is 166 Å². The molecule has 4 aromatic heterocycles. The molecular weight excluding hydrogens is 697 g/mol. The molecule has 0 saturated carbocycles. The van der Waals surface area contributed by atoms with Gasteiger partial charge < -0.3 is 24.5 Å². The first-order valence-corrected chi connectivity index (χ1v) is 17.0. The number of aryl methyl sites for hydroxylation is 1. The highest BCUT2D eigenvalue weighted by atomic mass is 35.5. The zero-order chi connectivity index (χ0) is 36.0. The molecule has 4 heterocycles. The third kappa shape index (κ3) is 7.58. The van der Waals surface area contributed by atoms with Gasteiger partial charge in [-0.05, 0) is 79.2 Å². The summed E-state index contributed by atoms with van der Waals surface area (Å²) in [6, 6.07) is 25.6. The average Bonchev–Trinajstić information content (AvgIpc) is 3.87. The number of halogens is 2. The molecule has 0 atom stereocenters. The minimum atomic E-state index is -0.279. The van der Waals surface area contributed by atoms with Gasteiger partial charge in [0.15, 0.2) is 0 Å². The SMILES string of the molecule is Cc1cc(-n2ccnc2)c2cccc(OCc3c(Cl)ccc(-n4cccc4CNC(=O)/C=C/c4ccc(C(=O)Nc5ccncc5)cc4)c3Cl)c2n1. The lowest BCUT2D eigenvalue weighted by atomic mass is 10.1. The number of anilines is 1. The number of carbonyl (C=O) groups is 2. The second kappa shape index (κ2) is 15.3. The van der Waals surface area contributed by atoms with Crippen LogP contribution in [-0.2, 0) is 17.9 Å². The Hall–Kier alpha value is -6.23. The van der Waals surface area contributed by atoms with Crippen molar-refractivity contribution < 1.29 is 14.3 Å². The molecule has 0 fully saturated rings. The van der Waals surface area contributed by atoms with E-state index < -0.39 is 0 Å². The standard InChI is InChI=1S/C40H31Cl2N7O3/c1-26-22-35(48-21-19-44-25-48)31-5-2-6-36(39(31)46-26)52-24-32-33(41)12-13-34(38(32)42)49-20-3-4-30(49)23-45-37(50)14-9-27-7-10-28(11-8-27)40(51)47-29-15-17-43-18-16-29/h2-22,25H,23-24H2,1H3,(H,45,50)(H,43,47,51)/b14-9+. The van der Waals surface area contributed by atoms with Crippen molar-refractivity contribution in [2.24, 2.45) is 0 Å². The molecular formula is C40H31Cl2N7O3. The molecule has 0 aliphatic heterocycles. The molecule has 0 bridgehead atoms. The molecule has 52 heavy (non-hydrogen) atoms. The van der Waals surface area contributed by atoms with Crippen molar-refractivity contribution in [3.8, 4) is 17.1 Å². The number of benzene rings is 3. The molecule has 0 unspecified atom stereocenters. The molecule has 0 aliphatic rings. The molecule has 10 nitrogen and oxygen atoms in total. The van der Waals surface area contributed by atoms with E-state index in [2.05, 4.69) is 20.6 Å². The monoisotopic (exact) mass is 727 g/mol. The Labute approximate surface area is 309 Å². The summed E-state index contributed by atoms with van der Waals surface area (Å²) in [5, 5.41) is 7.56. The Balaban J connectivity index is 1.01. The third-order valence-electron chi connectivity index (χ3n) is 8.30. The zero-order valence-corrected chi connectivity index (χ0v) is 29.3. The number of pyridine rings is 2. The molecule has 3 aromatic carbocycles. The number of imidazole rings is 1. The number of amides is 2. The Morgan fingerprint density at radius 1 is 0.885 bits per heavy atom. The number of nitrogens with zero attached hydrogens (tertiary/aromatic N) is 5. The van der Waals surface area contributed by atoms with Crippen LogP contribution in [0.4, 0.5) is 5.69 Å². The maximum atomic E-state index is 12.8. The van der Waals surface area contributed by atoms with E-state index >= 15 is 0 Å². The van der Waals surface area contributed by atoms with E-state index in [1.165, 1.54) is 6.08 Å². The van der Waals surface area contributed by atoms with Gasteiger partial charge in [0.1, 0.15) is 17.9 Å². The van der Waals surface area contributed by atoms with Crippen molar-refractivity contribution in [1.29, 1.82) is 0 Å². The number of carbonyl (C=O) groups excluding carboxylic acids is 2. The van der Waals surface area contributed by atoms with Gasteiger partial charge in [0, 0.05) is 75.7 Å². The Morgan fingerprint density at radius 2 is 1.71 bits per heavy atom. The van der Waals surface area contributed by atoms with Crippen molar-refractivity contribution in [1.82, 2.24) is 29.4 Å². The van der Waals surface area contributed by atoms with Gasteiger partial charge in [-0.2, -0.15) is 0 Å². The fraction of sp³-hybridized carbons (Fsp3) is 0.0750. The minimum absolute atomic E-state index is 0.106. The number of nitrogens with one attached hydrogen (secondary N) is 2. The molecule has 258 valence electrons. The summed E-state index contributed by atoms with van der Waals surface area (Å²) in [4.78, 5) is 38.2. The van der Waals surface area contributed by atoms with E-state index in [9.17, 15) is 9.59 Å². The largest absolute Gasteiger partial charge is 0.487 e. The van der Waals surface area contributed by atoms with Gasteiger partial charge in [-0.1, -0.05) is 47.5 Å². The highest BCUT2D eigenvalue weighted by molar-refractivity contribution is 6.37. The Morgan fingerprint density at radius 3 is 2.50 bits per heavy atom. The molecule has 0 spiro atoms. The minimum Gasteiger partial charge on any atom is -0.487 e. The van der Waals surface area contributed by atoms with E-state index in [4.69, 9.17) is 32.9 Å². The number of para-hydroxylation sites is 1. The van der Waals surface area contributed by atoms with Gasteiger partial charge in [0.2, 0.25) is 5.91 Å². The molecule has 12 heteroatoms. The van der Waals surface area contributed by atoms with Gasteiger partial charge in [-0.3, -0.25) is 14.6 Å². The predicted molar refractivity (Wildman–Crippen MR) is 203 cm³/mol. The molecule has 2 N–H and O–H groups in total. The summed E-state index contributed by atoms with van der Waals surface area (Å²) < 4.78 is 10.2. The second-order valence-corrected chi connectivity index (χ2v) is 12.6. The third-order valence-corrected chi connectivity index (χ3v) is 9.08. The zero-order valence-electron chi connectivity index (χ0n) is 27.8. The van der Waals surface area contributed by atoms with Gasteiger partial charge in [-0.25, -0.2) is 9.97 Å². The molecule has 7 aromatic rings. The number of fused-ring (bicyclic) bond motifs is 1. The summed E-state index contributed by atoms with van der Waals surface area (Å²) in [5.74, 6) is 0.0827. The number of rotatable bonds is 11. The lowest BCUT2D eigenvalue weighted by Crippen LogP contribution is -2.21. The smallest absolute Gasteiger partial charge is 0.255 e. The van der Waals surface area contributed by atoms with Crippen LogP contribution in [-0.4, -0.2) is 35.9 Å². The average molecular weight is 729 g/mol. The fourth-order valence-corrected chi connectivity index (χ4v) is 6.27. The van der Waals surface area contributed by atoms with Gasteiger partial charge in [-0.15, -0.1) is 0 Å². The Bertz CT molecular complexity index is 2410. The van der Waals surface area contributed by atoms with E-state index in [0.717, 1.165) is 28.0 Å². The van der Waals surface area contributed by atoms with E-state index in [1.54, 1.807) is 73.5 Å². The van der Waals surface area contributed by atoms with E-state index in [0.29, 0.717) is 43.8 Å². The van der Waals surface area contributed by atoms with Crippen molar-refractivity contribution in [2.75, 3.05) is 5.32 Å². The van der Waals surface area contributed by atoms with Crippen LogP contribution in [0.25, 0.3) is 28.4 Å². The van der Waals surface area contributed by atoms with Crippen LogP contribution in [0.1, 0.15) is 32.9 Å². The predicted octanol–water partition coefficient (Wildman–Crippen LogP) is 8.38. The highest BCUT2D eigenvalue weighted by Crippen LogP contribution is 2.34. The number of hydrogen-bond donors (Lipinski definition) is 2. The summed E-state index contributed by atoms with van der Waals surface area (Å²) in [6.07, 6.45) is 13.6. The maximum Gasteiger partial charge on any atom is 0.255 e. The molecule has 0 saturated heterocycles. The highest BCUT2D eigenvalue weighted by Gasteiger charge is 2.17. The topological polar surface area (TPSA) is 116 Å². The van der Waals surface area contributed by atoms with Gasteiger partial charge >= 0.3 is 0 Å². The summed E-state index contributed by atoms with van der Waals surface area (Å²) >= 11 is 13.7. The molecule has 0 aliphatic carbocycles. The first kappa shape index (κ1) is 34.2. The van der Waals surface area contributed by atoms with Crippen molar-refractivity contribution in [2.45, 2.75) is 20.1 Å². The number of ether oxygens (including phenoxy) is 1. The second-order valence-electron chi connectivity index (χ2n) is 11.8. The van der Waals surface area contributed by atoms with Crippen LogP contribution in [0.15, 0.2) is 128 Å². The maximum absolute atomic E-state index is 12.8. The van der Waals surface area contributed by atoms with Crippen LogP contribution in [0.5, 0.6) is 5.75 Å².